The second-order valence-corrected chi connectivity index (χ2v) is 14.8. The Morgan fingerprint density at radius 2 is 0.740 bits per heavy atom. The minimum Gasteiger partial charge on any atom is -0.650 e. The van der Waals surface area contributed by atoms with Gasteiger partial charge in [0.1, 0.15) is 11.6 Å². The van der Waals surface area contributed by atoms with Gasteiger partial charge >= 0.3 is 13.0 Å². The lowest BCUT2D eigenvalue weighted by Gasteiger charge is -2.40. The highest BCUT2D eigenvalue weighted by Gasteiger charge is 2.57. The zero-order valence-corrected chi connectivity index (χ0v) is 28.1. The summed E-state index contributed by atoms with van der Waals surface area (Å²) in [4.78, 5) is 1.84. The smallest absolute Gasteiger partial charge is 0.515 e. The third-order valence-electron chi connectivity index (χ3n) is 10.1. The molecular weight excluding hydrogens is 664 g/mol. The lowest BCUT2D eigenvalue weighted by atomic mass is 9.40. The first-order chi connectivity index (χ1) is 24.6. The molecule has 0 atom stereocenters. The van der Waals surface area contributed by atoms with Crippen LogP contribution in [0.5, 0.6) is 11.5 Å². The van der Waals surface area contributed by atoms with Gasteiger partial charge in [0, 0.05) is 0 Å². The molecule has 10 heteroatoms. The lowest BCUT2D eigenvalue weighted by Crippen LogP contribution is -2.84. The van der Waals surface area contributed by atoms with Crippen LogP contribution in [0, 0.1) is 11.6 Å². The van der Waals surface area contributed by atoms with Crippen molar-refractivity contribution in [1.82, 2.24) is 0 Å². The van der Waals surface area contributed by atoms with Crippen LogP contribution in [0.4, 0.5) is 8.78 Å². The maximum absolute atomic E-state index is 15.1. The van der Waals surface area contributed by atoms with Crippen LogP contribution in [0.2, 0.25) is 0 Å². The molecule has 0 bridgehead atoms. The number of thiazole rings is 2. The largest absolute Gasteiger partial charge is 0.650 e. The fraction of sp³-hybridized carbons (Fsp3) is 0. The Kier molecular flexibility index (Phi) is 6.44. The van der Waals surface area contributed by atoms with Crippen molar-refractivity contribution in [2.75, 3.05) is 0 Å². The van der Waals surface area contributed by atoms with Gasteiger partial charge in [0.25, 0.3) is 9.66 Å². The van der Waals surface area contributed by atoms with E-state index < -0.39 is 13.0 Å². The molecule has 0 saturated carbocycles. The number of aromatic nitrogens is 2. The maximum Gasteiger partial charge on any atom is 0.515 e. The standard InChI is InChI=1S/C40H26B2F2N2O2S2/c43-31-21-23-35-33(25-31)37-45(41(47-35,27-13-5-1-6-14-27)28-15-7-2-8-16-28)39-40(49-37)46-38(50-39)34-26-32(44)22-24-36(34)48-42(46,29-17-9-3-10-18-29)30-19-11-4-12-20-30/h1-26H. The molecule has 0 fully saturated rings. The van der Waals surface area contributed by atoms with Crippen molar-refractivity contribution in [2.45, 2.75) is 0 Å². The Labute approximate surface area is 295 Å². The minimum absolute atomic E-state index is 0.343. The third-order valence-corrected chi connectivity index (χ3v) is 12.6. The van der Waals surface area contributed by atoms with Crippen LogP contribution < -0.4 is 40.1 Å². The number of rotatable bonds is 4. The van der Waals surface area contributed by atoms with E-state index in [9.17, 15) is 0 Å². The molecule has 0 unspecified atom stereocenters. The highest BCUT2D eigenvalue weighted by atomic mass is 32.1. The van der Waals surface area contributed by atoms with Gasteiger partial charge in [-0.15, -0.1) is 0 Å². The van der Waals surface area contributed by atoms with E-state index in [0.717, 1.165) is 41.5 Å². The van der Waals surface area contributed by atoms with Gasteiger partial charge < -0.3 is 18.3 Å². The summed E-state index contributed by atoms with van der Waals surface area (Å²) < 4.78 is 49.3. The zero-order chi connectivity index (χ0) is 33.5. The predicted molar refractivity (Wildman–Crippen MR) is 199 cm³/mol. The molecule has 0 saturated heterocycles. The predicted octanol–water partition coefficient (Wildman–Crippen LogP) is 6.14. The van der Waals surface area contributed by atoms with Crippen LogP contribution in [0.3, 0.4) is 0 Å². The normalized spacial score (nSPS) is 14.8. The summed E-state index contributed by atoms with van der Waals surface area (Å²) >= 11 is 3.16. The van der Waals surface area contributed by atoms with Gasteiger partial charge in [0.2, 0.25) is 10.0 Å². The number of hydrogen-bond donors (Lipinski definition) is 0. The molecule has 6 aromatic carbocycles. The molecule has 2 aliphatic heterocycles. The molecule has 0 radical (unpaired) electrons. The summed E-state index contributed by atoms with van der Waals surface area (Å²) in [6.45, 7) is -4.30. The van der Waals surface area contributed by atoms with Crippen LogP contribution in [0.1, 0.15) is 0 Å². The molecule has 0 N–H and O–H groups in total. The first-order valence-corrected chi connectivity index (χ1v) is 18.1. The van der Waals surface area contributed by atoms with E-state index in [1.165, 1.54) is 12.1 Å². The number of hydrogen-bond acceptors (Lipinski definition) is 4. The first-order valence-electron chi connectivity index (χ1n) is 16.5. The molecule has 10 rings (SSSR count). The summed E-state index contributed by atoms with van der Waals surface area (Å²) in [7, 11) is 0. The number of fused-ring (bicyclic) bond motifs is 9. The van der Waals surface area contributed by atoms with Crippen molar-refractivity contribution in [2.24, 2.45) is 0 Å². The van der Waals surface area contributed by atoms with Crippen molar-refractivity contribution >= 4 is 67.2 Å². The van der Waals surface area contributed by atoms with Crippen LogP contribution in [-0.2, 0) is 0 Å². The quantitative estimate of drug-likeness (QED) is 0.208. The number of benzene rings is 6. The van der Waals surface area contributed by atoms with E-state index in [0.29, 0.717) is 22.6 Å². The average molecular weight is 690 g/mol. The Hall–Kier alpha value is -5.57. The van der Waals surface area contributed by atoms with Gasteiger partial charge in [-0.05, 0) is 59.1 Å². The average Bonchev–Trinajstić information content (AvgIpc) is 3.74. The minimum atomic E-state index is -2.15. The Bertz CT molecular complexity index is 2320. The molecule has 240 valence electrons. The molecular formula is C40H26B2F2N2O2S2. The highest BCUT2D eigenvalue weighted by Crippen LogP contribution is 2.45. The van der Waals surface area contributed by atoms with Crippen LogP contribution in [0.25, 0.3) is 30.8 Å². The molecule has 8 aromatic rings. The monoisotopic (exact) mass is 690 g/mol. The van der Waals surface area contributed by atoms with Crippen molar-refractivity contribution in [3.63, 3.8) is 0 Å². The molecule has 4 nitrogen and oxygen atoms in total. The fourth-order valence-electron chi connectivity index (χ4n) is 8.01. The van der Waals surface area contributed by atoms with Crippen LogP contribution >= 0.6 is 22.7 Å². The van der Waals surface area contributed by atoms with E-state index in [1.54, 1.807) is 46.9 Å². The van der Waals surface area contributed by atoms with Gasteiger partial charge in [-0.3, -0.25) is 0 Å². The first kappa shape index (κ1) is 29.4. The van der Waals surface area contributed by atoms with Crippen molar-refractivity contribution in [3.05, 3.63) is 169 Å². The summed E-state index contributed by atoms with van der Waals surface area (Å²) in [5, 5.41) is 1.73. The second-order valence-electron chi connectivity index (χ2n) is 12.8. The second kappa shape index (κ2) is 11.0. The topological polar surface area (TPSA) is 26.2 Å². The van der Waals surface area contributed by atoms with Crippen molar-refractivity contribution in [3.8, 4) is 32.6 Å². The summed E-state index contributed by atoms with van der Waals surface area (Å²) in [6.07, 6.45) is 0. The fourth-order valence-corrected chi connectivity index (χ4v) is 11.0. The van der Waals surface area contributed by atoms with Crippen LogP contribution in [0.15, 0.2) is 158 Å². The number of halogens is 2. The van der Waals surface area contributed by atoms with Crippen molar-refractivity contribution in [1.29, 1.82) is 0 Å². The van der Waals surface area contributed by atoms with E-state index in [2.05, 4.69) is 57.5 Å². The van der Waals surface area contributed by atoms with E-state index in [-0.39, 0.29) is 11.6 Å². The van der Waals surface area contributed by atoms with E-state index >= 15 is 8.78 Å². The Morgan fingerprint density at radius 3 is 1.06 bits per heavy atom. The van der Waals surface area contributed by atoms with Gasteiger partial charge in [0.05, 0.1) is 22.6 Å². The lowest BCUT2D eigenvalue weighted by molar-refractivity contribution is -0.522. The van der Waals surface area contributed by atoms with Crippen molar-refractivity contribution < 1.29 is 27.0 Å². The molecule has 0 spiro atoms. The van der Waals surface area contributed by atoms with Gasteiger partial charge in [-0.2, -0.15) is 0 Å². The third kappa shape index (κ3) is 4.03. The molecule has 2 aromatic heterocycles. The molecule has 2 aliphatic rings. The van der Waals surface area contributed by atoms with Gasteiger partial charge in [-0.25, -0.2) is 8.78 Å². The molecule has 0 amide bonds. The van der Waals surface area contributed by atoms with Gasteiger partial charge in [-0.1, -0.05) is 143 Å². The summed E-state index contributed by atoms with van der Waals surface area (Å²) in [5.41, 5.74) is 5.25. The Balaban J connectivity index is 1.41. The molecule has 50 heavy (non-hydrogen) atoms. The number of nitrogens with zero attached hydrogens (tertiary/aromatic N) is 2. The van der Waals surface area contributed by atoms with E-state index in [4.69, 9.17) is 9.31 Å². The van der Waals surface area contributed by atoms with Gasteiger partial charge in [0.15, 0.2) is 0 Å². The Morgan fingerprint density at radius 1 is 0.420 bits per heavy atom. The van der Waals surface area contributed by atoms with E-state index in [1.807, 2.05) is 72.8 Å². The summed E-state index contributed by atoms with van der Waals surface area (Å²) in [6, 6.07) is 50.4. The summed E-state index contributed by atoms with van der Waals surface area (Å²) in [5.74, 6) is 0.533. The SMILES string of the molecule is Fc1ccc2c(c1)-c1sc3c(sc4[n+]3[B-](c3ccccc3)(c3ccccc3)Oc3ccc(F)cc3-4)[n+]1[B-](c1ccccc1)(c1ccccc1)O2. The van der Waals surface area contributed by atoms with Crippen LogP contribution in [-0.4, -0.2) is 13.0 Å². The molecule has 4 heterocycles. The maximum atomic E-state index is 15.1. The zero-order valence-electron chi connectivity index (χ0n) is 26.4. The molecule has 0 aliphatic carbocycles. The highest BCUT2D eigenvalue weighted by molar-refractivity contribution is 7.29.